The zero-order valence-corrected chi connectivity index (χ0v) is 17.0. The van der Waals surface area contributed by atoms with Gasteiger partial charge in [-0.25, -0.2) is 13.2 Å². The van der Waals surface area contributed by atoms with Crippen LogP contribution in [0.5, 0.6) is 0 Å². The number of carbonyl (C=O) groups excluding carboxylic acids is 1. The van der Waals surface area contributed by atoms with Crippen LogP contribution in [0.25, 0.3) is 0 Å². The number of aliphatic hydroxyl groups excluding tert-OH is 1. The zero-order valence-electron chi connectivity index (χ0n) is 15.4. The van der Waals surface area contributed by atoms with E-state index in [4.69, 9.17) is 11.6 Å². The molecule has 2 saturated heterocycles. The molecule has 0 aliphatic carbocycles. The number of benzene rings is 1. The number of amides is 2. The lowest BCUT2D eigenvalue weighted by Crippen LogP contribution is -2.54. The molecule has 27 heavy (non-hydrogen) atoms. The van der Waals surface area contributed by atoms with E-state index in [0.29, 0.717) is 49.5 Å². The fourth-order valence-corrected chi connectivity index (χ4v) is 5.62. The highest BCUT2D eigenvalue weighted by molar-refractivity contribution is 7.89. The molecule has 0 saturated carbocycles. The molecule has 1 aromatic carbocycles. The second kappa shape index (κ2) is 8.34. The third-order valence-corrected chi connectivity index (χ3v) is 7.72. The lowest BCUT2D eigenvalue weighted by atomic mass is 10.1. The van der Waals surface area contributed by atoms with Crippen LogP contribution in [0.2, 0.25) is 5.02 Å². The van der Waals surface area contributed by atoms with Gasteiger partial charge in [-0.05, 0) is 50.3 Å². The lowest BCUT2D eigenvalue weighted by molar-refractivity contribution is 0.0920. The Morgan fingerprint density at radius 3 is 2.63 bits per heavy atom. The summed E-state index contributed by atoms with van der Waals surface area (Å²) in [6.45, 7) is 3.41. The number of nitrogens with zero attached hydrogens (tertiary/aromatic N) is 2. The van der Waals surface area contributed by atoms with Crippen molar-refractivity contribution >= 4 is 27.7 Å². The van der Waals surface area contributed by atoms with Gasteiger partial charge >= 0.3 is 6.03 Å². The highest BCUT2D eigenvalue weighted by Gasteiger charge is 2.33. The molecule has 7 nitrogen and oxygen atoms in total. The number of hydrogen-bond acceptors (Lipinski definition) is 4. The quantitative estimate of drug-likeness (QED) is 0.789. The molecule has 0 aromatic heterocycles. The molecule has 0 unspecified atom stereocenters. The molecule has 3 rings (SSSR count). The van der Waals surface area contributed by atoms with Gasteiger partial charge in [0.2, 0.25) is 10.0 Å². The van der Waals surface area contributed by atoms with E-state index in [1.54, 1.807) is 30.0 Å². The van der Waals surface area contributed by atoms with Crippen molar-refractivity contribution in [2.45, 2.75) is 49.6 Å². The zero-order chi connectivity index (χ0) is 19.6. The molecule has 9 heteroatoms. The summed E-state index contributed by atoms with van der Waals surface area (Å²) in [5, 5.41) is 12.9. The van der Waals surface area contributed by atoms with Gasteiger partial charge in [0.25, 0.3) is 0 Å². The minimum absolute atomic E-state index is 0.190. The number of piperidine rings is 2. The third kappa shape index (κ3) is 4.56. The minimum Gasteiger partial charge on any atom is -0.393 e. The Kier molecular flexibility index (Phi) is 6.30. The van der Waals surface area contributed by atoms with Gasteiger partial charge in [0, 0.05) is 37.2 Å². The van der Waals surface area contributed by atoms with Gasteiger partial charge in [0.05, 0.1) is 11.0 Å². The van der Waals surface area contributed by atoms with E-state index < -0.39 is 10.0 Å². The van der Waals surface area contributed by atoms with Gasteiger partial charge < -0.3 is 15.3 Å². The summed E-state index contributed by atoms with van der Waals surface area (Å²) in [6.07, 6.45) is 2.23. The maximum Gasteiger partial charge on any atom is 0.317 e. The average molecular weight is 416 g/mol. The van der Waals surface area contributed by atoms with E-state index in [1.807, 2.05) is 0 Å². The smallest absolute Gasteiger partial charge is 0.317 e. The Balaban J connectivity index is 1.67. The molecule has 0 radical (unpaired) electrons. The van der Waals surface area contributed by atoms with E-state index in [2.05, 4.69) is 5.32 Å². The van der Waals surface area contributed by atoms with E-state index >= 15 is 0 Å². The molecule has 0 bridgehead atoms. The van der Waals surface area contributed by atoms with Crippen LogP contribution in [0.3, 0.4) is 0 Å². The van der Waals surface area contributed by atoms with Crippen LogP contribution in [-0.4, -0.2) is 67.1 Å². The molecule has 2 aliphatic heterocycles. The maximum absolute atomic E-state index is 13.0. The topological polar surface area (TPSA) is 90.0 Å². The average Bonchev–Trinajstić information content (AvgIpc) is 2.64. The van der Waals surface area contributed by atoms with Crippen molar-refractivity contribution < 1.29 is 18.3 Å². The summed E-state index contributed by atoms with van der Waals surface area (Å²) in [7, 11) is -3.67. The Labute approximate surface area is 165 Å². The van der Waals surface area contributed by atoms with Crippen LogP contribution in [0, 0.1) is 6.92 Å². The summed E-state index contributed by atoms with van der Waals surface area (Å²) in [5.41, 5.74) is 0.539. The summed E-state index contributed by atoms with van der Waals surface area (Å²) in [5.74, 6) is 0. The number of urea groups is 1. The first-order chi connectivity index (χ1) is 12.8. The number of carbonyl (C=O) groups is 1. The first-order valence-corrected chi connectivity index (χ1v) is 11.1. The van der Waals surface area contributed by atoms with E-state index in [-0.39, 0.29) is 29.6 Å². The minimum atomic E-state index is -3.67. The van der Waals surface area contributed by atoms with Crippen molar-refractivity contribution in [3.05, 3.63) is 28.8 Å². The molecule has 2 N–H and O–H groups in total. The van der Waals surface area contributed by atoms with E-state index in [9.17, 15) is 18.3 Å². The van der Waals surface area contributed by atoms with Crippen molar-refractivity contribution in [2.24, 2.45) is 0 Å². The van der Waals surface area contributed by atoms with Crippen LogP contribution >= 0.6 is 11.6 Å². The fourth-order valence-electron chi connectivity index (χ4n) is 3.62. The SMILES string of the molecule is Cc1c(Cl)cccc1S(=O)(=O)N1CCC[C@H](NC(=O)N2CCC(O)CC2)C1. The van der Waals surface area contributed by atoms with Crippen molar-refractivity contribution in [1.82, 2.24) is 14.5 Å². The van der Waals surface area contributed by atoms with Gasteiger partial charge in [0.1, 0.15) is 0 Å². The standard InChI is InChI=1S/C18H26ClN3O4S/c1-13-16(19)5-2-6-17(13)27(25,26)22-9-3-4-14(12-22)20-18(24)21-10-7-15(23)8-11-21/h2,5-6,14-15,23H,3-4,7-12H2,1H3,(H,20,24)/t14-/m0/s1. The summed E-state index contributed by atoms with van der Waals surface area (Å²) >= 11 is 6.09. The molecule has 0 spiro atoms. The molecule has 2 amide bonds. The van der Waals surface area contributed by atoms with Gasteiger partial charge in [-0.15, -0.1) is 0 Å². The number of hydrogen-bond donors (Lipinski definition) is 2. The molecule has 150 valence electrons. The van der Waals surface area contributed by atoms with Gasteiger partial charge in [-0.2, -0.15) is 4.31 Å². The Hall–Kier alpha value is -1.35. The van der Waals surface area contributed by atoms with Crippen molar-refractivity contribution in [1.29, 1.82) is 0 Å². The third-order valence-electron chi connectivity index (χ3n) is 5.30. The number of sulfonamides is 1. The fraction of sp³-hybridized carbons (Fsp3) is 0.611. The monoisotopic (exact) mass is 415 g/mol. The number of halogens is 1. The van der Waals surface area contributed by atoms with Crippen molar-refractivity contribution in [3.63, 3.8) is 0 Å². The van der Waals surface area contributed by atoms with Crippen LogP contribution in [0.4, 0.5) is 4.79 Å². The molecule has 2 aliphatic rings. The molecule has 2 fully saturated rings. The normalized spacial score (nSPS) is 22.6. The molecule has 1 aromatic rings. The Morgan fingerprint density at radius 1 is 1.22 bits per heavy atom. The number of aliphatic hydroxyl groups is 1. The highest BCUT2D eigenvalue weighted by Crippen LogP contribution is 2.27. The van der Waals surface area contributed by atoms with Crippen LogP contribution in [0.15, 0.2) is 23.1 Å². The van der Waals surface area contributed by atoms with Crippen LogP contribution < -0.4 is 5.32 Å². The second-order valence-electron chi connectivity index (χ2n) is 7.23. The molecular weight excluding hydrogens is 390 g/mol. The predicted molar refractivity (Wildman–Crippen MR) is 103 cm³/mol. The first kappa shape index (κ1) is 20.4. The first-order valence-electron chi connectivity index (χ1n) is 9.28. The van der Waals surface area contributed by atoms with Crippen LogP contribution in [-0.2, 0) is 10.0 Å². The summed E-state index contributed by atoms with van der Waals surface area (Å²) in [6, 6.07) is 4.45. The van der Waals surface area contributed by atoms with E-state index in [0.717, 1.165) is 6.42 Å². The van der Waals surface area contributed by atoms with Gasteiger partial charge in [-0.3, -0.25) is 0 Å². The second-order valence-corrected chi connectivity index (χ2v) is 9.55. The van der Waals surface area contributed by atoms with Crippen molar-refractivity contribution in [3.8, 4) is 0 Å². The summed E-state index contributed by atoms with van der Waals surface area (Å²) in [4.78, 5) is 14.3. The number of rotatable bonds is 3. The lowest BCUT2D eigenvalue weighted by Gasteiger charge is -2.35. The van der Waals surface area contributed by atoms with E-state index in [1.165, 1.54) is 4.31 Å². The molecule has 2 heterocycles. The van der Waals surface area contributed by atoms with Gasteiger partial charge in [-0.1, -0.05) is 17.7 Å². The van der Waals surface area contributed by atoms with Gasteiger partial charge in [0.15, 0.2) is 0 Å². The Bertz CT molecular complexity index is 794. The largest absolute Gasteiger partial charge is 0.393 e. The highest BCUT2D eigenvalue weighted by atomic mass is 35.5. The van der Waals surface area contributed by atoms with Crippen molar-refractivity contribution in [2.75, 3.05) is 26.2 Å². The summed E-state index contributed by atoms with van der Waals surface area (Å²) < 4.78 is 27.5. The Morgan fingerprint density at radius 2 is 1.93 bits per heavy atom. The number of likely N-dealkylation sites (tertiary alicyclic amines) is 1. The number of nitrogens with one attached hydrogen (secondary N) is 1. The molecule has 1 atom stereocenters. The molecular formula is C18H26ClN3O4S. The maximum atomic E-state index is 13.0. The van der Waals surface area contributed by atoms with Crippen LogP contribution in [0.1, 0.15) is 31.2 Å². The predicted octanol–water partition coefficient (Wildman–Crippen LogP) is 1.97.